The zero-order valence-electron chi connectivity index (χ0n) is 72.6. The smallest absolute Gasteiger partial charge is 0.270 e. The van der Waals surface area contributed by atoms with Crippen LogP contribution < -0.4 is 39.2 Å². The zero-order chi connectivity index (χ0) is 90.1. The number of sulfonamides is 1. The Morgan fingerprint density at radius 3 is 1.08 bits per heavy atom. The summed E-state index contributed by atoms with van der Waals surface area (Å²) in [5.74, 6) is 3.87. The number of hydrogen-bond acceptors (Lipinski definition) is 36. The highest BCUT2D eigenvalue weighted by Crippen LogP contribution is 2.39. The molecule has 4 atom stereocenters. The van der Waals surface area contributed by atoms with E-state index in [-0.39, 0.29) is 74.9 Å². The zero-order valence-corrected chi connectivity index (χ0v) is 80.6. The third kappa shape index (κ3) is 22.2. The number of aromatic nitrogens is 12. The molecule has 12 aromatic rings. The lowest BCUT2D eigenvalue weighted by atomic mass is 9.99. The Hall–Kier alpha value is -8.66. The quantitative estimate of drug-likeness (QED) is 0.0603. The lowest BCUT2D eigenvalue weighted by molar-refractivity contribution is 0.122. The van der Waals surface area contributed by atoms with Crippen LogP contribution in [0.1, 0.15) is 76.8 Å². The van der Waals surface area contributed by atoms with Crippen molar-refractivity contribution in [3.8, 4) is 0 Å². The van der Waals surface area contributed by atoms with Crippen molar-refractivity contribution < 1.29 is 52.6 Å². The van der Waals surface area contributed by atoms with Gasteiger partial charge in [0.15, 0.2) is 0 Å². The monoisotopic (exact) mass is 1960 g/mol. The fraction of sp³-hybridized carbons (Fsp3) is 0.494. The molecular formula is C87H105Cl2N21O12S8. The molecule has 0 radical (unpaired) electrons. The highest BCUT2D eigenvalue weighted by Gasteiger charge is 2.37. The van der Waals surface area contributed by atoms with Crippen LogP contribution in [-0.2, 0) is 58.5 Å². The van der Waals surface area contributed by atoms with E-state index < -0.39 is 39.5 Å². The van der Waals surface area contributed by atoms with Crippen LogP contribution in [-0.4, -0.2) is 286 Å². The van der Waals surface area contributed by atoms with Gasteiger partial charge >= 0.3 is 0 Å². The first-order chi connectivity index (χ1) is 62.9. The topological polar surface area (TPSA) is 357 Å². The van der Waals surface area contributed by atoms with E-state index >= 15 is 0 Å². The van der Waals surface area contributed by atoms with Crippen LogP contribution in [0.15, 0.2) is 143 Å². The second kappa shape index (κ2) is 41.9. The van der Waals surface area contributed by atoms with Crippen molar-refractivity contribution >= 4 is 198 Å². The molecule has 43 heteroatoms. The Balaban J connectivity index is 0.000000121. The number of halogens is 2. The number of fused-ring (bicyclic) bond motifs is 4. The summed E-state index contributed by atoms with van der Waals surface area (Å²) in [7, 11) is -12.1. The Labute approximate surface area is 783 Å². The van der Waals surface area contributed by atoms with Crippen LogP contribution >= 0.6 is 68.5 Å². The molecule has 8 aliphatic heterocycles. The minimum atomic E-state index is -3.60. The summed E-state index contributed by atoms with van der Waals surface area (Å²) >= 11 is 17.3. The van der Waals surface area contributed by atoms with E-state index in [1.807, 2.05) is 43.5 Å². The van der Waals surface area contributed by atoms with Gasteiger partial charge in [-0.3, -0.25) is 0 Å². The van der Waals surface area contributed by atoms with Gasteiger partial charge in [0.25, 0.3) is 10.0 Å². The maximum absolute atomic E-state index is 13.1. The number of piperidine rings is 4. The Bertz CT molecular complexity index is 6170. The Kier molecular flexibility index (Phi) is 30.0. The minimum absolute atomic E-state index is 0.00839. The predicted molar refractivity (Wildman–Crippen MR) is 514 cm³/mol. The summed E-state index contributed by atoms with van der Waals surface area (Å²) in [6.07, 6.45) is 14.8. The molecule has 130 heavy (non-hydrogen) atoms. The average Bonchev–Trinajstić information content (AvgIpc) is 0.930. The van der Waals surface area contributed by atoms with E-state index in [4.69, 9.17) is 42.1 Å². The summed E-state index contributed by atoms with van der Waals surface area (Å²) in [6.45, 7) is 22.5. The summed E-state index contributed by atoms with van der Waals surface area (Å²) in [5, 5.41) is 11.2. The van der Waals surface area contributed by atoms with Gasteiger partial charge in [-0.15, -0.1) is 45.3 Å². The van der Waals surface area contributed by atoms with Gasteiger partial charge in [0, 0.05) is 202 Å². The molecule has 0 amide bonds. The van der Waals surface area contributed by atoms with Gasteiger partial charge in [0.05, 0.1) is 97.9 Å². The van der Waals surface area contributed by atoms with E-state index in [0.29, 0.717) is 52.6 Å². The molecule has 8 fully saturated rings. The van der Waals surface area contributed by atoms with E-state index in [2.05, 4.69) is 148 Å². The first-order valence-electron chi connectivity index (χ1n) is 44.0. The highest BCUT2D eigenvalue weighted by atomic mass is 35.5. The van der Waals surface area contributed by atoms with Crippen LogP contribution in [0.4, 0.5) is 46.0 Å². The van der Waals surface area contributed by atoms with Crippen molar-refractivity contribution in [1.29, 1.82) is 0 Å². The van der Waals surface area contributed by atoms with E-state index in [9.17, 15) is 33.7 Å². The maximum atomic E-state index is 13.1. The molecule has 8 aromatic heterocycles. The van der Waals surface area contributed by atoms with Gasteiger partial charge in [-0.2, -0.15) is 14.3 Å². The number of sulfone groups is 3. The van der Waals surface area contributed by atoms with Gasteiger partial charge in [-0.1, -0.05) is 13.8 Å². The van der Waals surface area contributed by atoms with Gasteiger partial charge in [-0.05, 0) is 171 Å². The number of benzene rings is 4. The molecule has 0 N–H and O–H groups in total. The Morgan fingerprint density at radius 2 is 0.715 bits per heavy atom. The number of morpholine rings is 4. The number of nitrogens with zero attached hydrogens (tertiary/aromatic N) is 21. The lowest BCUT2D eigenvalue weighted by Crippen LogP contribution is -2.48. The molecule has 0 bridgehead atoms. The summed E-state index contributed by atoms with van der Waals surface area (Å²) in [5.41, 5.74) is 8.70. The van der Waals surface area contributed by atoms with Gasteiger partial charge < -0.3 is 58.1 Å². The summed E-state index contributed by atoms with van der Waals surface area (Å²) in [6, 6.07) is 24.8. The van der Waals surface area contributed by atoms with Crippen LogP contribution in [0.5, 0.6) is 0 Å². The molecule has 0 aliphatic carbocycles. The molecule has 8 saturated heterocycles. The van der Waals surface area contributed by atoms with Gasteiger partial charge in [0.1, 0.15) is 35.9 Å². The van der Waals surface area contributed by atoms with Crippen molar-refractivity contribution in [2.45, 2.75) is 94.5 Å². The molecule has 20 rings (SSSR count). The molecule has 4 aromatic carbocycles. The van der Waals surface area contributed by atoms with Crippen molar-refractivity contribution in [3.05, 3.63) is 142 Å². The van der Waals surface area contributed by atoms with Crippen molar-refractivity contribution in [3.63, 3.8) is 0 Å². The molecule has 0 spiro atoms. The van der Waals surface area contributed by atoms with Crippen LogP contribution in [0.2, 0.25) is 10.6 Å². The van der Waals surface area contributed by atoms with E-state index in [1.165, 1.54) is 56.9 Å². The Morgan fingerprint density at radius 1 is 0.377 bits per heavy atom. The van der Waals surface area contributed by atoms with E-state index in [0.717, 1.165) is 263 Å². The molecule has 0 saturated carbocycles. The molecule has 16 heterocycles. The third-order valence-electron chi connectivity index (χ3n) is 24.7. The van der Waals surface area contributed by atoms with Gasteiger partial charge in [-0.25, -0.2) is 83.5 Å². The lowest BCUT2D eigenvalue weighted by Gasteiger charge is -2.37. The SMILES string of the molecule is CC(C)c1csc(S(=O)(=O)CC2CCCN(c3ncnc4cc(N5CCOCC5)ccc34)C2)n1.CN(C1CCCN(c2ncnc3cc(N4CCOCC4)ccc23)C1)S(=O)(=O)c1nccs1.O=S(=O)(C[C@@H]1CCCN(c2nc(Cl)nc3cc(N4CCOCC4)ccc23)C1)c1nccs1.O=S(=O)(C[C@H]1CCCN(c2nc(Cl)nc3cc(N4CCOCC4)ccc23)C1)c1nccs1. The fourth-order valence-electron chi connectivity index (χ4n) is 18.1. The standard InChI is InChI=1S/C24H31N5O3S2.2C21H24ClN5O3S2.C21H26N6O3S2/c1-17(2)22-14-33-24(27-22)34(30,31)15-18-4-3-7-29(13-18)23-20-6-5-19(12-21(20)25-16-26-23)28-8-10-32-11-9-28;2*22-20-24-18-12-16(26-7-9-30-10-8-26)3-4-17(18)19(25-20)27-6-1-2-15(13-27)14-32(28,29)21-23-5-11-31-21;1-25(32(28,29)21-22-6-12-31-21)17-3-2-7-27(14-17)20-18-5-4-16(13-19(18)23-15-24-20)26-8-10-30-11-9-26/h5-6,12,14,16-18H,3-4,7-11,13,15H2,1-2H3;2*3-5,11-12,15H,1-2,6-10,13-14H2;4-6,12-13,15,17H,2-3,7-11,14H2,1H3/t;2*15-;/m.10./s1. The normalized spacial score (nSPS) is 20.1. The number of anilines is 8. The van der Waals surface area contributed by atoms with Crippen LogP contribution in [0.25, 0.3) is 43.6 Å². The fourth-order valence-corrected chi connectivity index (χ4v) is 28.9. The number of rotatable bonds is 21. The largest absolute Gasteiger partial charge is 0.378 e. The second-order valence-electron chi connectivity index (χ2n) is 33.8. The molecular weight excluding hydrogens is 1860 g/mol. The first-order valence-corrected chi connectivity index (χ1v) is 54.7. The number of likely N-dealkylation sites (N-methyl/N-ethyl adjacent to an activating group) is 1. The predicted octanol–water partition coefficient (Wildman–Crippen LogP) is 12.5. The van der Waals surface area contributed by atoms with Gasteiger partial charge in [0.2, 0.25) is 57.4 Å². The molecule has 33 nitrogen and oxygen atoms in total. The minimum Gasteiger partial charge on any atom is -0.378 e. The van der Waals surface area contributed by atoms with Crippen molar-refractivity contribution in [2.24, 2.45) is 17.8 Å². The van der Waals surface area contributed by atoms with Crippen molar-refractivity contribution in [1.82, 2.24) is 64.1 Å². The molecule has 8 aliphatic rings. The summed E-state index contributed by atoms with van der Waals surface area (Å²) < 4.78 is 127. The third-order valence-corrected chi connectivity index (χ3v) is 37.7. The molecule has 692 valence electrons. The number of thiazole rings is 4. The molecule has 2 unspecified atom stereocenters. The second-order valence-corrected chi connectivity index (χ2v) is 46.8. The van der Waals surface area contributed by atoms with Crippen LogP contribution in [0, 0.1) is 17.8 Å². The average molecular weight is 1960 g/mol. The summed E-state index contributed by atoms with van der Waals surface area (Å²) in [4.78, 5) is 70.5. The first kappa shape index (κ1) is 93.2. The maximum Gasteiger partial charge on any atom is 0.270 e. The van der Waals surface area contributed by atoms with E-state index in [1.54, 1.807) is 35.8 Å². The number of ether oxygens (including phenoxy) is 4. The van der Waals surface area contributed by atoms with Crippen LogP contribution in [0.3, 0.4) is 0 Å². The van der Waals surface area contributed by atoms with Crippen molar-refractivity contribution in [2.75, 3.05) is 221 Å². The highest BCUT2D eigenvalue weighted by molar-refractivity contribution is 7.94. The number of hydrogen-bond donors (Lipinski definition) is 0.